The van der Waals surface area contributed by atoms with Crippen LogP contribution in [0.4, 0.5) is 0 Å². The fourth-order valence-electron chi connectivity index (χ4n) is 1.39. The number of hydrogen-bond donors (Lipinski definition) is 0. The van der Waals surface area contributed by atoms with Crippen LogP contribution < -0.4 is 0 Å². The van der Waals surface area contributed by atoms with Gasteiger partial charge in [-0.25, -0.2) is 0 Å². The Balaban J connectivity index is 1.97. The molecule has 2 rings (SSSR count). The van der Waals surface area contributed by atoms with E-state index in [1.165, 1.54) is 0 Å². The third-order valence-corrected chi connectivity index (χ3v) is 3.52. The van der Waals surface area contributed by atoms with E-state index in [2.05, 4.69) is 24.0 Å². The Hall–Kier alpha value is -1.29. The molecule has 0 saturated carbocycles. The molecule has 3 nitrogen and oxygen atoms in total. The molecule has 0 amide bonds. The fraction of sp³-hybridized carbons (Fsp3) is 0.385. The van der Waals surface area contributed by atoms with Crippen molar-refractivity contribution in [1.29, 1.82) is 0 Å². The molecule has 0 unspecified atom stereocenters. The van der Waals surface area contributed by atoms with E-state index < -0.39 is 0 Å². The van der Waals surface area contributed by atoms with Crippen LogP contribution in [-0.2, 0) is 5.75 Å². The lowest BCUT2D eigenvalue weighted by molar-refractivity contribution is 0.528. The van der Waals surface area contributed by atoms with Crippen molar-refractivity contribution in [3.8, 4) is 11.5 Å². The van der Waals surface area contributed by atoms with Crippen LogP contribution in [0.15, 0.2) is 34.7 Å². The molecule has 17 heavy (non-hydrogen) atoms. The average Bonchev–Trinajstić information content (AvgIpc) is 2.78. The van der Waals surface area contributed by atoms with Gasteiger partial charge in [-0.3, -0.25) is 0 Å². The van der Waals surface area contributed by atoms with E-state index in [9.17, 15) is 0 Å². The van der Waals surface area contributed by atoms with Crippen molar-refractivity contribution in [2.24, 2.45) is 5.92 Å². The van der Waals surface area contributed by atoms with Gasteiger partial charge in [0.15, 0.2) is 0 Å². The summed E-state index contributed by atoms with van der Waals surface area (Å²) in [6.45, 7) is 4.41. The summed E-state index contributed by atoms with van der Waals surface area (Å²) in [5.41, 5.74) is 0.972. The molecule has 0 radical (unpaired) electrons. The Morgan fingerprint density at radius 3 is 2.65 bits per heavy atom. The van der Waals surface area contributed by atoms with Gasteiger partial charge < -0.3 is 4.42 Å². The van der Waals surface area contributed by atoms with Crippen LogP contribution >= 0.6 is 11.8 Å². The molecule has 2 aromatic rings. The minimum absolute atomic E-state index is 0.603. The summed E-state index contributed by atoms with van der Waals surface area (Å²) in [5, 5.41) is 8.11. The zero-order chi connectivity index (χ0) is 12.1. The standard InChI is InChI=1S/C13H16N2OS/c1-10(2)8-17-9-12-14-15-13(16-12)11-6-4-3-5-7-11/h3-7,10H,8-9H2,1-2H3. The van der Waals surface area contributed by atoms with Gasteiger partial charge in [-0.2, -0.15) is 11.8 Å². The monoisotopic (exact) mass is 248 g/mol. The lowest BCUT2D eigenvalue weighted by atomic mass is 10.2. The molecule has 90 valence electrons. The molecular formula is C13H16N2OS. The summed E-state index contributed by atoms with van der Waals surface area (Å²) in [5.74, 6) is 3.90. The minimum atomic E-state index is 0.603. The van der Waals surface area contributed by atoms with Crippen molar-refractivity contribution >= 4 is 11.8 Å². The normalized spacial score (nSPS) is 11.0. The van der Waals surface area contributed by atoms with Crippen LogP contribution in [0.5, 0.6) is 0 Å². The van der Waals surface area contributed by atoms with Crippen LogP contribution in [0.1, 0.15) is 19.7 Å². The predicted octanol–water partition coefficient (Wildman–Crippen LogP) is 3.63. The first-order valence-corrected chi connectivity index (χ1v) is 6.86. The van der Waals surface area contributed by atoms with Crippen LogP contribution in [-0.4, -0.2) is 16.0 Å². The molecule has 0 aliphatic heterocycles. The van der Waals surface area contributed by atoms with Gasteiger partial charge in [-0.1, -0.05) is 32.0 Å². The predicted molar refractivity (Wildman–Crippen MR) is 70.7 cm³/mol. The van der Waals surface area contributed by atoms with Crippen molar-refractivity contribution in [3.63, 3.8) is 0 Å². The van der Waals surface area contributed by atoms with Crippen molar-refractivity contribution in [2.45, 2.75) is 19.6 Å². The summed E-state index contributed by atoms with van der Waals surface area (Å²) in [4.78, 5) is 0. The second-order valence-electron chi connectivity index (χ2n) is 4.28. The van der Waals surface area contributed by atoms with E-state index in [1.54, 1.807) is 0 Å². The SMILES string of the molecule is CC(C)CSCc1nnc(-c2ccccc2)o1. The Morgan fingerprint density at radius 2 is 1.94 bits per heavy atom. The number of benzene rings is 1. The average molecular weight is 248 g/mol. The topological polar surface area (TPSA) is 38.9 Å². The highest BCUT2D eigenvalue weighted by Crippen LogP contribution is 2.20. The summed E-state index contributed by atoms with van der Waals surface area (Å²) >= 11 is 1.83. The number of aromatic nitrogens is 2. The molecule has 1 aromatic heterocycles. The Morgan fingerprint density at radius 1 is 1.18 bits per heavy atom. The van der Waals surface area contributed by atoms with Crippen LogP contribution in [0, 0.1) is 5.92 Å². The number of thioether (sulfide) groups is 1. The smallest absolute Gasteiger partial charge is 0.247 e. The lowest BCUT2D eigenvalue weighted by Gasteiger charge is -2.00. The Labute approximate surface area is 106 Å². The molecule has 0 atom stereocenters. The van der Waals surface area contributed by atoms with E-state index in [-0.39, 0.29) is 0 Å². The third kappa shape index (κ3) is 3.60. The Kier molecular flexibility index (Phi) is 4.20. The number of hydrogen-bond acceptors (Lipinski definition) is 4. The molecule has 1 aromatic carbocycles. The second kappa shape index (κ2) is 5.87. The summed E-state index contributed by atoms with van der Waals surface area (Å²) < 4.78 is 5.61. The first-order valence-electron chi connectivity index (χ1n) is 5.71. The molecule has 4 heteroatoms. The maximum Gasteiger partial charge on any atom is 0.247 e. The molecule has 0 saturated heterocycles. The van der Waals surface area contributed by atoms with Gasteiger partial charge in [0.2, 0.25) is 11.8 Å². The van der Waals surface area contributed by atoms with Crippen molar-refractivity contribution in [3.05, 3.63) is 36.2 Å². The first kappa shape index (κ1) is 12.2. The number of nitrogens with zero attached hydrogens (tertiary/aromatic N) is 2. The van der Waals surface area contributed by atoms with Gasteiger partial charge in [-0.15, -0.1) is 10.2 Å². The summed E-state index contributed by atoms with van der Waals surface area (Å²) in [7, 11) is 0. The Bertz CT molecular complexity index is 453. The maximum absolute atomic E-state index is 5.61. The van der Waals surface area contributed by atoms with Gasteiger partial charge in [-0.05, 0) is 23.8 Å². The maximum atomic E-state index is 5.61. The van der Waals surface area contributed by atoms with Gasteiger partial charge in [0.25, 0.3) is 0 Å². The molecule has 0 spiro atoms. The molecular weight excluding hydrogens is 232 g/mol. The highest BCUT2D eigenvalue weighted by Gasteiger charge is 2.08. The van der Waals surface area contributed by atoms with E-state index in [0.29, 0.717) is 17.7 Å². The largest absolute Gasteiger partial charge is 0.420 e. The first-order chi connectivity index (χ1) is 8.25. The van der Waals surface area contributed by atoms with Crippen molar-refractivity contribution in [1.82, 2.24) is 10.2 Å². The molecule has 1 heterocycles. The van der Waals surface area contributed by atoms with Crippen LogP contribution in [0.25, 0.3) is 11.5 Å². The van der Waals surface area contributed by atoms with Crippen molar-refractivity contribution < 1.29 is 4.42 Å². The summed E-state index contributed by atoms with van der Waals surface area (Å²) in [6.07, 6.45) is 0. The third-order valence-electron chi connectivity index (χ3n) is 2.16. The van der Waals surface area contributed by atoms with Gasteiger partial charge in [0.05, 0.1) is 5.75 Å². The highest BCUT2D eigenvalue weighted by molar-refractivity contribution is 7.98. The van der Waals surface area contributed by atoms with Crippen LogP contribution in [0.3, 0.4) is 0 Å². The fourth-order valence-corrected chi connectivity index (χ4v) is 2.27. The minimum Gasteiger partial charge on any atom is -0.420 e. The highest BCUT2D eigenvalue weighted by atomic mass is 32.2. The zero-order valence-electron chi connectivity index (χ0n) is 10.1. The molecule has 0 N–H and O–H groups in total. The quantitative estimate of drug-likeness (QED) is 0.810. The number of rotatable bonds is 5. The molecule has 0 bridgehead atoms. The molecule has 0 fully saturated rings. The van der Waals surface area contributed by atoms with E-state index >= 15 is 0 Å². The van der Waals surface area contributed by atoms with Gasteiger partial charge >= 0.3 is 0 Å². The van der Waals surface area contributed by atoms with Crippen LogP contribution in [0.2, 0.25) is 0 Å². The zero-order valence-corrected chi connectivity index (χ0v) is 10.9. The van der Waals surface area contributed by atoms with Gasteiger partial charge in [0, 0.05) is 5.56 Å². The molecule has 0 aliphatic rings. The summed E-state index contributed by atoms with van der Waals surface area (Å²) in [6, 6.07) is 9.84. The van der Waals surface area contributed by atoms with E-state index in [0.717, 1.165) is 17.1 Å². The van der Waals surface area contributed by atoms with E-state index in [4.69, 9.17) is 4.42 Å². The van der Waals surface area contributed by atoms with E-state index in [1.807, 2.05) is 42.1 Å². The van der Waals surface area contributed by atoms with Gasteiger partial charge in [0.1, 0.15) is 0 Å². The molecule has 0 aliphatic carbocycles. The second-order valence-corrected chi connectivity index (χ2v) is 5.31. The van der Waals surface area contributed by atoms with Crippen molar-refractivity contribution in [2.75, 3.05) is 5.75 Å². The lowest BCUT2D eigenvalue weighted by Crippen LogP contribution is -1.91.